The van der Waals surface area contributed by atoms with Gasteiger partial charge < -0.3 is 14.7 Å². The maximum Gasteiger partial charge on any atom is 0.460 e. The van der Waals surface area contributed by atoms with Crippen LogP contribution in [-0.2, 0) is 12.5 Å². The van der Waals surface area contributed by atoms with Crippen molar-refractivity contribution in [1.29, 1.82) is 0 Å². The molecular formula is C26H21F10NO2. The van der Waals surface area contributed by atoms with Crippen molar-refractivity contribution in [1.82, 2.24) is 0 Å². The predicted octanol–water partition coefficient (Wildman–Crippen LogP) is 8.01. The average molecular weight is 569 g/mol. The van der Waals surface area contributed by atoms with Crippen molar-refractivity contribution in [2.75, 3.05) is 11.4 Å². The van der Waals surface area contributed by atoms with E-state index >= 15 is 0 Å². The van der Waals surface area contributed by atoms with E-state index in [1.54, 1.807) is 24.3 Å². The first-order valence-electron chi connectivity index (χ1n) is 11.2. The molecule has 0 radical (unpaired) electrons. The van der Waals surface area contributed by atoms with Gasteiger partial charge in [0, 0.05) is 23.9 Å². The van der Waals surface area contributed by atoms with Crippen molar-refractivity contribution >= 4 is 5.69 Å². The van der Waals surface area contributed by atoms with Gasteiger partial charge in [-0.1, -0.05) is 48.0 Å². The van der Waals surface area contributed by atoms with Crippen molar-refractivity contribution < 1.29 is 53.7 Å². The molecule has 3 rings (SSSR count). The molecule has 1 atom stereocenters. The maximum absolute atomic E-state index is 14.6. The van der Waals surface area contributed by atoms with E-state index in [-0.39, 0.29) is 11.4 Å². The van der Waals surface area contributed by atoms with Gasteiger partial charge in [0.15, 0.2) is 6.10 Å². The number of hydrogen-bond acceptors (Lipinski definition) is 3. The third kappa shape index (κ3) is 6.75. The van der Waals surface area contributed by atoms with Crippen molar-refractivity contribution in [2.24, 2.45) is 0 Å². The fraction of sp³-hybridized carbons (Fsp3) is 0.308. The summed E-state index contributed by atoms with van der Waals surface area (Å²) in [6.07, 6.45) is -14.8. The molecule has 0 unspecified atom stereocenters. The van der Waals surface area contributed by atoms with Gasteiger partial charge in [-0.05, 0) is 36.8 Å². The Kier molecular flexibility index (Phi) is 8.44. The molecule has 212 valence electrons. The fourth-order valence-corrected chi connectivity index (χ4v) is 3.58. The number of aryl methyl sites for hydroxylation is 1. The van der Waals surface area contributed by atoms with Crippen LogP contribution < -0.4 is 9.64 Å². The molecule has 0 fully saturated rings. The van der Waals surface area contributed by atoms with E-state index in [4.69, 9.17) is 4.74 Å². The van der Waals surface area contributed by atoms with Crippen molar-refractivity contribution in [3.8, 4) is 11.5 Å². The summed E-state index contributed by atoms with van der Waals surface area (Å²) in [6.45, 7) is -0.423. The number of ether oxygens (including phenoxy) is 1. The van der Waals surface area contributed by atoms with E-state index in [2.05, 4.69) is 0 Å². The van der Waals surface area contributed by atoms with E-state index in [0.29, 0.717) is 11.8 Å². The summed E-state index contributed by atoms with van der Waals surface area (Å²) in [5.41, 5.74) is -1.75. The molecule has 3 aromatic rings. The Bertz CT molecular complexity index is 1260. The molecule has 0 aliphatic carbocycles. The minimum absolute atomic E-state index is 0.0880. The minimum atomic E-state index is -6.61. The largest absolute Gasteiger partial charge is 0.460 e. The van der Waals surface area contributed by atoms with Crippen LogP contribution >= 0.6 is 0 Å². The number of alkyl halides is 10. The van der Waals surface area contributed by atoms with E-state index in [0.717, 1.165) is 28.7 Å². The molecule has 0 bridgehead atoms. The van der Waals surface area contributed by atoms with Crippen molar-refractivity contribution in [3.63, 3.8) is 0 Å². The molecule has 0 amide bonds. The molecule has 0 saturated heterocycles. The van der Waals surface area contributed by atoms with Crippen LogP contribution in [0.5, 0.6) is 11.5 Å². The molecule has 0 aromatic heterocycles. The summed E-state index contributed by atoms with van der Waals surface area (Å²) in [5.74, 6) is -11.8. The first-order chi connectivity index (χ1) is 17.9. The Balaban J connectivity index is 2.03. The van der Waals surface area contributed by atoms with Gasteiger partial charge in [0.05, 0.1) is 6.54 Å². The highest BCUT2D eigenvalue weighted by Crippen LogP contribution is 2.52. The Labute approximate surface area is 216 Å². The lowest BCUT2D eigenvalue weighted by Crippen LogP contribution is -2.50. The molecule has 0 heterocycles. The van der Waals surface area contributed by atoms with E-state index in [9.17, 15) is 49.0 Å². The van der Waals surface area contributed by atoms with Crippen LogP contribution in [0.2, 0.25) is 0 Å². The zero-order chi connectivity index (χ0) is 29.2. The van der Waals surface area contributed by atoms with Gasteiger partial charge >= 0.3 is 24.2 Å². The number of anilines is 1. The van der Waals surface area contributed by atoms with Gasteiger partial charge in [0.2, 0.25) is 0 Å². The monoisotopic (exact) mass is 569 g/mol. The molecule has 1 N–H and O–H groups in total. The number of rotatable bonds is 9. The summed E-state index contributed by atoms with van der Waals surface area (Å²) in [7, 11) is 0. The Morgan fingerprint density at radius 3 is 1.97 bits per heavy atom. The lowest BCUT2D eigenvalue weighted by Gasteiger charge is -2.32. The Morgan fingerprint density at radius 1 is 0.769 bits per heavy atom. The quantitative estimate of drug-likeness (QED) is 0.265. The summed E-state index contributed by atoms with van der Waals surface area (Å²) in [4.78, 5) is 0.723. The normalized spacial score (nSPS) is 13.7. The lowest BCUT2D eigenvalue weighted by atomic mass is 9.96. The van der Waals surface area contributed by atoms with Crippen LogP contribution in [0.25, 0.3) is 0 Å². The first kappa shape index (κ1) is 30.1. The maximum atomic E-state index is 14.6. The number of nitrogens with zero attached hydrogens (tertiary/aromatic N) is 1. The Hall–Kier alpha value is -3.48. The predicted molar refractivity (Wildman–Crippen MR) is 122 cm³/mol. The first-order valence-corrected chi connectivity index (χ1v) is 11.2. The molecular weight excluding hydrogens is 548 g/mol. The van der Waals surface area contributed by atoms with Crippen molar-refractivity contribution in [3.05, 3.63) is 89.5 Å². The van der Waals surface area contributed by atoms with Crippen LogP contribution in [0.1, 0.15) is 16.7 Å². The highest BCUT2D eigenvalue weighted by Gasteiger charge is 2.73. The number of hydrogen-bond donors (Lipinski definition) is 1. The molecule has 0 aliphatic heterocycles. The molecule has 13 heteroatoms. The molecule has 39 heavy (non-hydrogen) atoms. The van der Waals surface area contributed by atoms with Crippen molar-refractivity contribution in [2.45, 2.75) is 43.8 Å². The van der Waals surface area contributed by atoms with Gasteiger partial charge in [-0.15, -0.1) is 0 Å². The van der Waals surface area contributed by atoms with Crippen LogP contribution in [0.3, 0.4) is 0 Å². The van der Waals surface area contributed by atoms with Crippen LogP contribution in [0.15, 0.2) is 72.8 Å². The second-order valence-corrected chi connectivity index (χ2v) is 8.65. The zero-order valence-corrected chi connectivity index (χ0v) is 20.0. The second-order valence-electron chi connectivity index (χ2n) is 8.65. The number of benzene rings is 3. The average Bonchev–Trinajstić information content (AvgIpc) is 2.84. The van der Waals surface area contributed by atoms with Gasteiger partial charge in [-0.3, -0.25) is 0 Å². The SMILES string of the molecule is Cc1ccc(Oc2cccc(N(Cc3ccccc3C(F)(F)C(F)(F)C(F)(F)F)C[C@@H](O)C(F)(F)F)c2)cc1. The van der Waals surface area contributed by atoms with E-state index < -0.39 is 54.5 Å². The lowest BCUT2D eigenvalue weighted by molar-refractivity contribution is -0.359. The number of halogens is 10. The third-order valence-electron chi connectivity index (χ3n) is 5.68. The molecule has 3 aromatic carbocycles. The summed E-state index contributed by atoms with van der Waals surface area (Å²) in [5, 5.41) is 9.68. The van der Waals surface area contributed by atoms with Gasteiger partial charge in [-0.2, -0.15) is 43.9 Å². The second kappa shape index (κ2) is 10.9. The van der Waals surface area contributed by atoms with E-state index in [1.807, 2.05) is 6.92 Å². The number of aliphatic hydroxyl groups is 1. The summed E-state index contributed by atoms with van der Waals surface area (Å²) < 4.78 is 140. The highest BCUT2D eigenvalue weighted by atomic mass is 19.4. The number of aliphatic hydroxyl groups excluding tert-OH is 1. The fourth-order valence-electron chi connectivity index (χ4n) is 3.58. The van der Waals surface area contributed by atoms with Crippen LogP contribution in [-0.4, -0.2) is 36.0 Å². The summed E-state index contributed by atoms with van der Waals surface area (Å²) >= 11 is 0. The van der Waals surface area contributed by atoms with Gasteiger partial charge in [-0.25, -0.2) is 0 Å². The van der Waals surface area contributed by atoms with Crippen LogP contribution in [0.4, 0.5) is 49.6 Å². The van der Waals surface area contributed by atoms with Gasteiger partial charge in [0.1, 0.15) is 11.5 Å². The smallest absolute Gasteiger partial charge is 0.457 e. The standard InChI is InChI=1S/C26H21F10NO2/c1-16-9-11-19(12-10-16)39-20-7-4-6-18(13-20)37(15-22(38)24(29,30)31)14-17-5-2-3-8-21(17)23(27,28)25(32,33)26(34,35)36/h2-13,22,38H,14-15H2,1H3/t22-/m1/s1. The van der Waals surface area contributed by atoms with Gasteiger partial charge in [0.25, 0.3) is 0 Å². The molecule has 0 saturated carbocycles. The topological polar surface area (TPSA) is 32.7 Å². The third-order valence-corrected chi connectivity index (χ3v) is 5.68. The Morgan fingerprint density at radius 2 is 1.38 bits per heavy atom. The minimum Gasteiger partial charge on any atom is -0.457 e. The zero-order valence-electron chi connectivity index (χ0n) is 20.0. The summed E-state index contributed by atoms with van der Waals surface area (Å²) in [6, 6.07) is 14.8. The molecule has 0 spiro atoms. The van der Waals surface area contributed by atoms with Crippen LogP contribution in [0, 0.1) is 6.92 Å². The highest BCUT2D eigenvalue weighted by molar-refractivity contribution is 5.53. The molecule has 3 nitrogen and oxygen atoms in total. The molecule has 0 aliphatic rings. The van der Waals surface area contributed by atoms with E-state index in [1.165, 1.54) is 24.3 Å².